The molecule has 0 saturated carbocycles. The van der Waals surface area contributed by atoms with Crippen LogP contribution in [0, 0.1) is 0 Å². The normalized spacial score (nSPS) is 16.3. The van der Waals surface area contributed by atoms with Crippen molar-refractivity contribution in [3.8, 4) is 0 Å². The first kappa shape index (κ1) is 21.1. The molecule has 5 aromatic rings. The van der Waals surface area contributed by atoms with Gasteiger partial charge in [-0.3, -0.25) is 0 Å². The maximum Gasteiger partial charge on any atom is 0.0713 e. The Morgan fingerprint density at radius 1 is 0.343 bits per heavy atom. The second-order valence-corrected chi connectivity index (χ2v) is 8.97. The number of fused-ring (bicyclic) bond motifs is 1. The zero-order valence-corrected chi connectivity index (χ0v) is 19.5. The third-order valence-electron chi connectivity index (χ3n) is 6.95. The second kappa shape index (κ2) is 9.08. The van der Waals surface area contributed by atoms with Crippen molar-refractivity contribution in [1.29, 1.82) is 0 Å². The minimum Gasteiger partial charge on any atom is -0.0622 e. The standard InChI is InChI=1S/C35H26/c1-5-15-27(16-6-1)25-33-31-23-13-14-24-32(31)34(26-28-17-7-2-8-18-28)35(33,29-19-9-3-10-20-29)30-21-11-4-12-22-30/h1-26H. The topological polar surface area (TPSA) is 0 Å². The highest BCUT2D eigenvalue weighted by Crippen LogP contribution is 2.60. The first-order chi connectivity index (χ1) is 17.4. The highest BCUT2D eigenvalue weighted by Gasteiger charge is 2.48. The van der Waals surface area contributed by atoms with Crippen LogP contribution in [-0.2, 0) is 5.41 Å². The smallest absolute Gasteiger partial charge is 0.0622 e. The summed E-state index contributed by atoms with van der Waals surface area (Å²) in [5.41, 5.74) is 9.68. The van der Waals surface area contributed by atoms with E-state index in [0.29, 0.717) is 0 Å². The van der Waals surface area contributed by atoms with Crippen molar-refractivity contribution in [2.75, 3.05) is 0 Å². The fourth-order valence-electron chi connectivity index (χ4n) is 5.47. The lowest BCUT2D eigenvalue weighted by atomic mass is 9.66. The number of benzene rings is 5. The van der Waals surface area contributed by atoms with E-state index in [4.69, 9.17) is 0 Å². The molecule has 0 saturated heterocycles. The molecule has 0 nitrogen and oxygen atoms in total. The molecule has 0 amide bonds. The van der Waals surface area contributed by atoms with Crippen LogP contribution in [0.2, 0.25) is 0 Å². The SMILES string of the molecule is C(=C1c2ccccc2C(=Cc2ccccc2)C1(c1ccccc1)c1ccccc1)c1ccccc1. The fraction of sp³-hybridized carbons (Fsp3) is 0.0286. The molecular weight excluding hydrogens is 420 g/mol. The van der Waals surface area contributed by atoms with Crippen LogP contribution in [0.25, 0.3) is 23.3 Å². The van der Waals surface area contributed by atoms with E-state index < -0.39 is 5.41 Å². The molecule has 35 heavy (non-hydrogen) atoms. The highest BCUT2D eigenvalue weighted by molar-refractivity contribution is 6.13. The van der Waals surface area contributed by atoms with E-state index in [1.807, 2.05) is 0 Å². The van der Waals surface area contributed by atoms with E-state index in [-0.39, 0.29) is 0 Å². The molecule has 0 aromatic heterocycles. The van der Waals surface area contributed by atoms with Gasteiger partial charge in [0.1, 0.15) is 0 Å². The fourth-order valence-corrected chi connectivity index (χ4v) is 5.47. The van der Waals surface area contributed by atoms with Gasteiger partial charge in [-0.2, -0.15) is 0 Å². The lowest BCUT2D eigenvalue weighted by Crippen LogP contribution is -2.27. The largest absolute Gasteiger partial charge is 0.0713 e. The molecule has 1 aliphatic rings. The van der Waals surface area contributed by atoms with Gasteiger partial charge in [0.15, 0.2) is 0 Å². The molecule has 0 unspecified atom stereocenters. The van der Waals surface area contributed by atoms with E-state index in [1.54, 1.807) is 0 Å². The van der Waals surface area contributed by atoms with Crippen LogP contribution in [0.15, 0.2) is 146 Å². The molecule has 5 aromatic carbocycles. The Morgan fingerprint density at radius 3 is 1.03 bits per heavy atom. The summed E-state index contributed by atoms with van der Waals surface area (Å²) in [4.78, 5) is 0. The van der Waals surface area contributed by atoms with Crippen molar-refractivity contribution in [2.24, 2.45) is 0 Å². The first-order valence-electron chi connectivity index (χ1n) is 12.1. The monoisotopic (exact) mass is 446 g/mol. The molecule has 0 fully saturated rings. The van der Waals surface area contributed by atoms with E-state index in [2.05, 4.69) is 158 Å². The summed E-state index contributed by atoms with van der Waals surface area (Å²) in [5, 5.41) is 0. The molecule has 0 N–H and O–H groups in total. The van der Waals surface area contributed by atoms with Crippen molar-refractivity contribution < 1.29 is 0 Å². The van der Waals surface area contributed by atoms with Gasteiger partial charge < -0.3 is 0 Å². The van der Waals surface area contributed by atoms with Crippen LogP contribution < -0.4 is 0 Å². The Bertz CT molecular complexity index is 1370. The summed E-state index contributed by atoms with van der Waals surface area (Å²) in [6.45, 7) is 0. The minimum atomic E-state index is -0.447. The molecule has 0 radical (unpaired) electrons. The average Bonchev–Trinajstić information content (AvgIpc) is 3.21. The second-order valence-electron chi connectivity index (χ2n) is 8.97. The third kappa shape index (κ3) is 3.64. The van der Waals surface area contributed by atoms with E-state index in [9.17, 15) is 0 Å². The zero-order chi connectivity index (χ0) is 23.5. The summed E-state index contributed by atoms with van der Waals surface area (Å²) in [5.74, 6) is 0. The Kier molecular flexibility index (Phi) is 5.48. The molecular formula is C35H26. The molecule has 0 aliphatic heterocycles. The Balaban J connectivity index is 1.78. The van der Waals surface area contributed by atoms with Crippen molar-refractivity contribution in [2.45, 2.75) is 5.41 Å². The molecule has 0 atom stereocenters. The molecule has 166 valence electrons. The van der Waals surface area contributed by atoms with Gasteiger partial charge in [-0.05, 0) is 56.7 Å². The number of rotatable bonds is 4. The van der Waals surface area contributed by atoms with Crippen LogP contribution in [0.4, 0.5) is 0 Å². The maximum atomic E-state index is 2.38. The molecule has 0 heteroatoms. The molecule has 0 bridgehead atoms. The van der Waals surface area contributed by atoms with Crippen LogP contribution in [0.1, 0.15) is 33.4 Å². The lowest BCUT2D eigenvalue weighted by molar-refractivity contribution is 0.889. The van der Waals surface area contributed by atoms with Crippen molar-refractivity contribution in [3.05, 3.63) is 179 Å². The van der Waals surface area contributed by atoms with Crippen LogP contribution >= 0.6 is 0 Å². The van der Waals surface area contributed by atoms with Gasteiger partial charge in [0, 0.05) is 0 Å². The number of hydrogen-bond donors (Lipinski definition) is 0. The molecule has 0 heterocycles. The van der Waals surface area contributed by atoms with E-state index in [1.165, 1.54) is 44.5 Å². The summed E-state index contributed by atoms with van der Waals surface area (Å²) >= 11 is 0. The van der Waals surface area contributed by atoms with Gasteiger partial charge in [-0.25, -0.2) is 0 Å². The number of hydrogen-bond acceptors (Lipinski definition) is 0. The van der Waals surface area contributed by atoms with Crippen molar-refractivity contribution >= 4 is 23.3 Å². The predicted octanol–water partition coefficient (Wildman–Crippen LogP) is 8.77. The molecule has 6 rings (SSSR count). The Labute approximate surface area is 207 Å². The summed E-state index contributed by atoms with van der Waals surface area (Å²) in [7, 11) is 0. The third-order valence-corrected chi connectivity index (χ3v) is 6.95. The first-order valence-corrected chi connectivity index (χ1v) is 12.1. The van der Waals surface area contributed by atoms with Gasteiger partial charge in [0.05, 0.1) is 5.41 Å². The average molecular weight is 447 g/mol. The van der Waals surface area contributed by atoms with Crippen molar-refractivity contribution in [1.82, 2.24) is 0 Å². The van der Waals surface area contributed by atoms with Crippen LogP contribution in [-0.4, -0.2) is 0 Å². The predicted molar refractivity (Wildman–Crippen MR) is 149 cm³/mol. The van der Waals surface area contributed by atoms with Crippen LogP contribution in [0.3, 0.4) is 0 Å². The Hall–Kier alpha value is -4.42. The molecule has 1 aliphatic carbocycles. The van der Waals surface area contributed by atoms with Gasteiger partial charge >= 0.3 is 0 Å². The van der Waals surface area contributed by atoms with Gasteiger partial charge in [-0.15, -0.1) is 0 Å². The van der Waals surface area contributed by atoms with E-state index in [0.717, 1.165) is 0 Å². The summed E-state index contributed by atoms with van der Waals surface area (Å²) < 4.78 is 0. The maximum absolute atomic E-state index is 2.38. The summed E-state index contributed by atoms with van der Waals surface area (Å²) in [6.07, 6.45) is 4.76. The number of allylic oxidation sites excluding steroid dienone is 2. The van der Waals surface area contributed by atoms with Crippen LogP contribution in [0.5, 0.6) is 0 Å². The van der Waals surface area contributed by atoms with Gasteiger partial charge in [-0.1, -0.05) is 146 Å². The highest BCUT2D eigenvalue weighted by atomic mass is 14.5. The molecule has 0 spiro atoms. The lowest BCUT2D eigenvalue weighted by Gasteiger charge is -2.35. The Morgan fingerprint density at radius 2 is 0.657 bits per heavy atom. The van der Waals surface area contributed by atoms with Gasteiger partial charge in [0.2, 0.25) is 0 Å². The zero-order valence-electron chi connectivity index (χ0n) is 19.5. The quantitative estimate of drug-likeness (QED) is 0.259. The van der Waals surface area contributed by atoms with E-state index >= 15 is 0 Å². The minimum absolute atomic E-state index is 0.447. The van der Waals surface area contributed by atoms with Gasteiger partial charge in [0.25, 0.3) is 0 Å². The van der Waals surface area contributed by atoms with Crippen molar-refractivity contribution in [3.63, 3.8) is 0 Å². The summed E-state index contributed by atoms with van der Waals surface area (Å²) in [6, 6.07) is 52.1.